The maximum atomic E-state index is 17.9. The Morgan fingerprint density at radius 3 is 2.55 bits per heavy atom. The number of allylic oxidation sites excluding steroid dienone is 3. The first-order valence-electron chi connectivity index (χ1n) is 13.3. The van der Waals surface area contributed by atoms with Gasteiger partial charge < -0.3 is 19.3 Å². The predicted molar refractivity (Wildman–Crippen MR) is 135 cm³/mol. The monoisotopic (exact) mass is 552 g/mol. The summed E-state index contributed by atoms with van der Waals surface area (Å²) in [6, 6.07) is 0. The van der Waals surface area contributed by atoms with Crippen LogP contribution in [0.15, 0.2) is 23.3 Å². The summed E-state index contributed by atoms with van der Waals surface area (Å²) in [4.78, 5) is 36.9. The third kappa shape index (κ3) is 3.65. The first-order valence-corrected chi connectivity index (χ1v) is 13.8. The van der Waals surface area contributed by atoms with Crippen molar-refractivity contribution < 1.29 is 42.5 Å². The van der Waals surface area contributed by atoms with E-state index >= 15 is 8.78 Å². The average molecular weight is 553 g/mol. The van der Waals surface area contributed by atoms with Gasteiger partial charge in [-0.25, -0.2) is 13.6 Å². The zero-order chi connectivity index (χ0) is 27.8. The van der Waals surface area contributed by atoms with Crippen LogP contribution in [-0.4, -0.2) is 64.6 Å². The lowest BCUT2D eigenvalue weighted by Crippen LogP contribution is -2.70. The highest BCUT2D eigenvalue weighted by atomic mass is 32.1. The van der Waals surface area contributed by atoms with Gasteiger partial charge in [-0.05, 0) is 68.0 Å². The van der Waals surface area contributed by atoms with Crippen LogP contribution in [0.4, 0.5) is 8.78 Å². The summed E-state index contributed by atoms with van der Waals surface area (Å²) in [5.41, 5.74) is -5.11. The number of carbonyl (C=O) groups is 3. The number of halogens is 2. The van der Waals surface area contributed by atoms with Crippen LogP contribution in [0.1, 0.15) is 59.8 Å². The van der Waals surface area contributed by atoms with Crippen LogP contribution < -0.4 is 0 Å². The van der Waals surface area contributed by atoms with Crippen LogP contribution in [0.25, 0.3) is 0 Å². The summed E-state index contributed by atoms with van der Waals surface area (Å²) >= 11 is 5.48. The van der Waals surface area contributed by atoms with Crippen molar-refractivity contribution in [2.75, 3.05) is 6.61 Å². The molecule has 7 nitrogen and oxygen atoms in total. The predicted octanol–water partition coefficient (Wildman–Crippen LogP) is 3.90. The second-order valence-electron chi connectivity index (χ2n) is 11.9. The molecule has 1 saturated heterocycles. The van der Waals surface area contributed by atoms with Crippen LogP contribution in [0.5, 0.6) is 0 Å². The van der Waals surface area contributed by atoms with Gasteiger partial charge in [-0.15, -0.1) is 0 Å². The first-order chi connectivity index (χ1) is 17.8. The van der Waals surface area contributed by atoms with Gasteiger partial charge in [0, 0.05) is 29.7 Å². The molecule has 38 heavy (non-hydrogen) atoms. The van der Waals surface area contributed by atoms with E-state index in [-0.39, 0.29) is 60.4 Å². The van der Waals surface area contributed by atoms with E-state index in [1.807, 2.05) is 13.8 Å². The fourth-order valence-electron chi connectivity index (χ4n) is 8.17. The van der Waals surface area contributed by atoms with Crippen molar-refractivity contribution in [3.63, 3.8) is 0 Å². The van der Waals surface area contributed by atoms with Crippen molar-refractivity contribution >= 4 is 35.0 Å². The van der Waals surface area contributed by atoms with Crippen LogP contribution in [0.3, 0.4) is 0 Å². The number of cyclic esters (lactones) is 1. The van der Waals surface area contributed by atoms with Crippen molar-refractivity contribution in [3.8, 4) is 0 Å². The van der Waals surface area contributed by atoms with Crippen LogP contribution >= 0.6 is 12.2 Å². The molecule has 0 aromatic carbocycles. The number of aliphatic hydroxyl groups is 1. The van der Waals surface area contributed by atoms with Crippen molar-refractivity contribution in [3.05, 3.63) is 23.3 Å². The fourth-order valence-corrected chi connectivity index (χ4v) is 8.55. The molecule has 3 saturated carbocycles. The van der Waals surface area contributed by atoms with E-state index in [1.54, 1.807) is 6.92 Å². The van der Waals surface area contributed by atoms with Gasteiger partial charge in [0.15, 0.2) is 22.6 Å². The van der Waals surface area contributed by atoms with Gasteiger partial charge in [-0.3, -0.25) is 9.59 Å². The number of aliphatic hydroxyl groups excluding tert-OH is 1. The Kier molecular flexibility index (Phi) is 6.61. The second kappa shape index (κ2) is 9.18. The average Bonchev–Trinajstić information content (AvgIpc) is 3.36. The first kappa shape index (κ1) is 27.4. The van der Waals surface area contributed by atoms with E-state index in [2.05, 4.69) is 0 Å². The molecule has 208 valence electrons. The van der Waals surface area contributed by atoms with Gasteiger partial charge in [0.25, 0.3) is 0 Å². The quantitative estimate of drug-likeness (QED) is 0.414. The van der Waals surface area contributed by atoms with Crippen molar-refractivity contribution in [1.82, 2.24) is 0 Å². The molecule has 0 aromatic heterocycles. The number of esters is 2. The number of hydrogen-bond donors (Lipinski definition) is 1. The summed E-state index contributed by atoms with van der Waals surface area (Å²) in [6.07, 6.45) is -1.85. The maximum absolute atomic E-state index is 17.9. The highest BCUT2D eigenvalue weighted by Gasteiger charge is 2.75. The molecule has 5 aliphatic rings. The zero-order valence-corrected chi connectivity index (χ0v) is 22.8. The molecule has 1 N–H and O–H groups in total. The summed E-state index contributed by atoms with van der Waals surface area (Å²) in [5.74, 6) is -3.00. The normalized spacial score (nSPS) is 45.7. The van der Waals surface area contributed by atoms with E-state index < -0.39 is 64.6 Å². The third-order valence-corrected chi connectivity index (χ3v) is 10.3. The molecule has 0 amide bonds. The molecule has 0 bridgehead atoms. The van der Waals surface area contributed by atoms with Crippen LogP contribution in [0, 0.1) is 28.6 Å². The van der Waals surface area contributed by atoms with E-state index in [4.69, 9.17) is 26.4 Å². The molecule has 0 aromatic rings. The van der Waals surface area contributed by atoms with Crippen molar-refractivity contribution in [2.24, 2.45) is 28.6 Å². The molecule has 1 aliphatic heterocycles. The highest BCUT2D eigenvalue weighted by molar-refractivity contribution is 7.80. The summed E-state index contributed by atoms with van der Waals surface area (Å²) in [7, 11) is 0. The second-order valence-corrected chi connectivity index (χ2v) is 12.3. The number of ether oxygens (including phenoxy) is 3. The number of fused-ring (bicyclic) bond motifs is 5. The minimum absolute atomic E-state index is 0.0136. The van der Waals surface area contributed by atoms with Gasteiger partial charge in [0.1, 0.15) is 12.3 Å². The fraction of sp³-hybridized carbons (Fsp3) is 0.714. The number of thiocarbonyl (C=S) groups is 1. The lowest BCUT2D eigenvalue weighted by Gasteiger charge is -2.63. The third-order valence-electron chi connectivity index (χ3n) is 9.95. The number of carbonyl (C=O) groups excluding carboxylic acids is 3. The Bertz CT molecular complexity index is 1150. The number of ketones is 1. The van der Waals surface area contributed by atoms with Gasteiger partial charge in [0.2, 0.25) is 0 Å². The number of alkyl halides is 2. The standard InChI is InChI=1S/C28H34F2O7S/c1-5-22(33)37-23-13(2)8-15-16-11-19(29)17-9-14(31)10-18(25(38)36-20-6-7-35-24(20)34)27(17,4)28(16,30)21(32)12-26(15,23)3/h9-10,13,15-16,19-21,23,32H,5-8,11-12H2,1-4H3/t13-,15+,16+,19+,20+,21+,23-,26+,27-,28+/m1/s1. The van der Waals surface area contributed by atoms with Gasteiger partial charge in [0.05, 0.1) is 18.1 Å². The lowest BCUT2D eigenvalue weighted by molar-refractivity contribution is -0.213. The molecule has 10 atom stereocenters. The Morgan fingerprint density at radius 2 is 1.92 bits per heavy atom. The number of rotatable bonds is 4. The Labute approximate surface area is 225 Å². The number of hydrogen-bond acceptors (Lipinski definition) is 8. The zero-order valence-electron chi connectivity index (χ0n) is 22.0. The molecule has 1 heterocycles. The molecule has 4 fully saturated rings. The summed E-state index contributed by atoms with van der Waals surface area (Å²) in [5, 5.41) is 11.3. The summed E-state index contributed by atoms with van der Waals surface area (Å²) in [6.45, 7) is 7.13. The minimum Gasteiger partial charge on any atom is -0.468 e. The Balaban J connectivity index is 1.57. The molecule has 0 spiro atoms. The topological polar surface area (TPSA) is 99.1 Å². The smallest absolute Gasteiger partial charge is 0.347 e. The van der Waals surface area contributed by atoms with E-state index in [1.165, 1.54) is 6.92 Å². The molecular formula is C28H34F2O7S. The Morgan fingerprint density at radius 1 is 1.21 bits per heavy atom. The van der Waals surface area contributed by atoms with Crippen LogP contribution in [0.2, 0.25) is 0 Å². The largest absolute Gasteiger partial charge is 0.468 e. The molecule has 0 unspecified atom stereocenters. The SMILES string of the molecule is CCC(=O)O[C@@H]1[C@H](C)C[C@H]2[C@@H]3C[C@H](F)C4=CC(=O)C=C(C(=S)O[C@H]5CCOC5=O)[C@]4(C)[C@@]3(F)[C@@H](O)C[C@]12C. The minimum atomic E-state index is -2.40. The van der Waals surface area contributed by atoms with E-state index in [0.29, 0.717) is 6.42 Å². The molecule has 10 heteroatoms. The molecule has 0 radical (unpaired) electrons. The van der Waals surface area contributed by atoms with Gasteiger partial charge in [-0.1, -0.05) is 20.8 Å². The van der Waals surface area contributed by atoms with Crippen molar-refractivity contribution in [1.29, 1.82) is 0 Å². The molecule has 5 rings (SSSR count). The van der Waals surface area contributed by atoms with Gasteiger partial charge >= 0.3 is 11.9 Å². The van der Waals surface area contributed by atoms with Crippen molar-refractivity contribution in [2.45, 2.75) is 90.0 Å². The van der Waals surface area contributed by atoms with Crippen LogP contribution in [-0.2, 0) is 28.6 Å². The summed E-state index contributed by atoms with van der Waals surface area (Å²) < 4.78 is 50.3. The van der Waals surface area contributed by atoms with E-state index in [0.717, 1.165) is 12.2 Å². The highest BCUT2D eigenvalue weighted by Crippen LogP contribution is 2.70. The molecular weight excluding hydrogens is 518 g/mol. The molecule has 4 aliphatic carbocycles. The lowest BCUT2D eigenvalue weighted by atomic mass is 9.44. The maximum Gasteiger partial charge on any atom is 0.347 e. The van der Waals surface area contributed by atoms with Gasteiger partial charge in [-0.2, -0.15) is 0 Å². The Hall–Kier alpha value is -2.20. The van der Waals surface area contributed by atoms with E-state index in [9.17, 15) is 19.5 Å².